The van der Waals surface area contributed by atoms with Crippen LogP contribution in [0.4, 0.5) is 0 Å². The zero-order chi connectivity index (χ0) is 15.4. The van der Waals surface area contributed by atoms with Gasteiger partial charge in [0, 0.05) is 7.05 Å². The molecule has 0 aliphatic heterocycles. The van der Waals surface area contributed by atoms with E-state index in [1.807, 2.05) is 6.92 Å². The fourth-order valence-electron chi connectivity index (χ4n) is 1.72. The van der Waals surface area contributed by atoms with Gasteiger partial charge >= 0.3 is 0 Å². The van der Waals surface area contributed by atoms with Gasteiger partial charge in [0.25, 0.3) is 0 Å². The van der Waals surface area contributed by atoms with Gasteiger partial charge in [-0.05, 0) is 24.7 Å². The summed E-state index contributed by atoms with van der Waals surface area (Å²) in [5, 5.41) is 0. The number of nitrogens with zero attached hydrogens (tertiary/aromatic N) is 1. The van der Waals surface area contributed by atoms with Crippen LogP contribution in [0.15, 0.2) is 0 Å². The monoisotopic (exact) mass is 293 g/mol. The summed E-state index contributed by atoms with van der Waals surface area (Å²) in [4.78, 5) is 0. The molecule has 0 rings (SSSR count). The predicted molar refractivity (Wildman–Crippen MR) is 80.6 cm³/mol. The van der Waals surface area contributed by atoms with E-state index in [1.165, 1.54) is 10.6 Å². The summed E-state index contributed by atoms with van der Waals surface area (Å²) in [6.07, 6.45) is 1.38. The fourth-order valence-corrected chi connectivity index (χ4v) is 2.47. The number of likely N-dealkylation sites (N-methyl/N-ethyl adjacent to an activating group) is 1. The zero-order valence-electron chi connectivity index (χ0n) is 13.7. The van der Waals surface area contributed by atoms with E-state index in [2.05, 4.69) is 34.6 Å². The first-order chi connectivity index (χ1) is 8.48. The highest BCUT2D eigenvalue weighted by atomic mass is 32.2. The third-order valence-electron chi connectivity index (χ3n) is 4.12. The summed E-state index contributed by atoms with van der Waals surface area (Å²) in [5.74, 6) is 1.09. The van der Waals surface area contributed by atoms with Crippen LogP contribution in [-0.4, -0.2) is 44.8 Å². The molecule has 0 aliphatic carbocycles. The van der Waals surface area contributed by atoms with Crippen LogP contribution >= 0.6 is 0 Å². The number of hydrogen-bond acceptors (Lipinski definition) is 3. The molecule has 0 radical (unpaired) electrons. The summed E-state index contributed by atoms with van der Waals surface area (Å²) in [6.45, 7) is 13.0. The second-order valence-electron chi connectivity index (χ2n) is 6.23. The molecule has 0 saturated heterocycles. The average molecular weight is 293 g/mol. The maximum absolute atomic E-state index is 11.7. The first kappa shape index (κ1) is 18.9. The molecular formula is C14H31NO3S. The van der Waals surface area contributed by atoms with Crippen LogP contribution in [0.25, 0.3) is 0 Å². The van der Waals surface area contributed by atoms with Gasteiger partial charge in [0.1, 0.15) is 0 Å². The summed E-state index contributed by atoms with van der Waals surface area (Å²) in [5.41, 5.74) is 0. The van der Waals surface area contributed by atoms with Crippen molar-refractivity contribution in [2.75, 3.05) is 19.9 Å². The Morgan fingerprint density at radius 3 is 1.79 bits per heavy atom. The molecule has 0 aromatic heterocycles. The van der Waals surface area contributed by atoms with Gasteiger partial charge in [0.2, 0.25) is 10.0 Å². The van der Waals surface area contributed by atoms with Crippen LogP contribution in [0.1, 0.15) is 41.5 Å². The first-order valence-electron chi connectivity index (χ1n) is 7.03. The average Bonchev–Trinajstić information content (AvgIpc) is 2.26. The topological polar surface area (TPSA) is 46.6 Å². The molecule has 0 aliphatic rings. The quantitative estimate of drug-likeness (QED) is 0.691. The molecule has 5 heteroatoms. The fraction of sp³-hybridized carbons (Fsp3) is 1.00. The van der Waals surface area contributed by atoms with Gasteiger partial charge < -0.3 is 4.74 Å². The van der Waals surface area contributed by atoms with E-state index in [4.69, 9.17) is 4.74 Å². The van der Waals surface area contributed by atoms with E-state index < -0.39 is 10.0 Å². The molecule has 3 unspecified atom stereocenters. The van der Waals surface area contributed by atoms with E-state index in [-0.39, 0.29) is 18.1 Å². The van der Waals surface area contributed by atoms with Gasteiger partial charge in [-0.3, -0.25) is 0 Å². The second-order valence-corrected chi connectivity index (χ2v) is 8.27. The van der Waals surface area contributed by atoms with Crippen LogP contribution in [0.2, 0.25) is 0 Å². The number of sulfonamides is 1. The Morgan fingerprint density at radius 2 is 1.47 bits per heavy atom. The molecule has 4 nitrogen and oxygen atoms in total. The summed E-state index contributed by atoms with van der Waals surface area (Å²) >= 11 is 0. The van der Waals surface area contributed by atoms with E-state index in [1.54, 1.807) is 7.05 Å². The standard InChI is InChI=1S/C14H31NO3S/c1-10(2)12(5)14(15(7)19(8,16)17)9-18-13(6)11(3)4/h10-14H,9H2,1-8H3. The van der Waals surface area contributed by atoms with E-state index in [0.29, 0.717) is 18.4 Å². The molecule has 116 valence electrons. The van der Waals surface area contributed by atoms with Crippen LogP contribution in [0, 0.1) is 17.8 Å². The molecule has 0 heterocycles. The van der Waals surface area contributed by atoms with Crippen molar-refractivity contribution in [1.29, 1.82) is 0 Å². The summed E-state index contributed by atoms with van der Waals surface area (Å²) < 4.78 is 30.8. The molecule has 0 saturated carbocycles. The Hall–Kier alpha value is -0.130. The van der Waals surface area contributed by atoms with Crippen LogP contribution in [0.3, 0.4) is 0 Å². The van der Waals surface area contributed by atoms with Crippen LogP contribution in [0.5, 0.6) is 0 Å². The predicted octanol–water partition coefficient (Wildman–Crippen LogP) is 2.60. The smallest absolute Gasteiger partial charge is 0.211 e. The normalized spacial score (nSPS) is 18.1. The third kappa shape index (κ3) is 6.23. The van der Waals surface area contributed by atoms with Gasteiger partial charge in [0.05, 0.1) is 25.0 Å². The van der Waals surface area contributed by atoms with E-state index in [0.717, 1.165) is 0 Å². The van der Waals surface area contributed by atoms with Gasteiger partial charge in [-0.25, -0.2) is 8.42 Å². The number of hydrogen-bond donors (Lipinski definition) is 0. The largest absolute Gasteiger partial charge is 0.377 e. The van der Waals surface area contributed by atoms with Crippen molar-refractivity contribution in [3.05, 3.63) is 0 Å². The Bertz CT molecular complexity index is 352. The van der Waals surface area contributed by atoms with E-state index in [9.17, 15) is 8.42 Å². The Kier molecular flexibility index (Phi) is 7.55. The molecular weight excluding hydrogens is 262 g/mol. The highest BCUT2D eigenvalue weighted by molar-refractivity contribution is 7.88. The second kappa shape index (κ2) is 7.60. The lowest BCUT2D eigenvalue weighted by molar-refractivity contribution is -0.00227. The molecule has 0 fully saturated rings. The Labute approximate surface area is 119 Å². The molecule has 0 aromatic carbocycles. The lowest BCUT2D eigenvalue weighted by atomic mass is 9.91. The Morgan fingerprint density at radius 1 is 1.00 bits per heavy atom. The summed E-state index contributed by atoms with van der Waals surface area (Å²) in [7, 11) is -1.55. The van der Waals surface area contributed by atoms with E-state index >= 15 is 0 Å². The lowest BCUT2D eigenvalue weighted by Crippen LogP contribution is -2.45. The maximum atomic E-state index is 11.7. The minimum absolute atomic E-state index is 0.115. The van der Waals surface area contributed by atoms with Crippen molar-refractivity contribution in [2.24, 2.45) is 17.8 Å². The minimum Gasteiger partial charge on any atom is -0.377 e. The first-order valence-corrected chi connectivity index (χ1v) is 8.87. The molecule has 0 N–H and O–H groups in total. The van der Waals surface area contributed by atoms with Gasteiger partial charge in [-0.2, -0.15) is 4.31 Å². The summed E-state index contributed by atoms with van der Waals surface area (Å²) in [6, 6.07) is -0.115. The molecule has 3 atom stereocenters. The minimum atomic E-state index is -3.20. The molecule has 0 amide bonds. The van der Waals surface area contributed by atoms with Crippen molar-refractivity contribution in [2.45, 2.75) is 53.7 Å². The molecule has 0 spiro atoms. The van der Waals surface area contributed by atoms with Crippen molar-refractivity contribution >= 4 is 10.0 Å². The van der Waals surface area contributed by atoms with Gasteiger partial charge in [-0.1, -0.05) is 34.6 Å². The van der Waals surface area contributed by atoms with Crippen molar-refractivity contribution in [3.8, 4) is 0 Å². The Balaban J connectivity index is 4.89. The van der Waals surface area contributed by atoms with Crippen molar-refractivity contribution in [1.82, 2.24) is 4.31 Å². The van der Waals surface area contributed by atoms with Gasteiger partial charge in [-0.15, -0.1) is 0 Å². The SMILES string of the molecule is CC(C)C(C)OCC(C(C)C(C)C)N(C)S(C)(=O)=O. The molecule has 19 heavy (non-hydrogen) atoms. The van der Waals surface area contributed by atoms with Crippen molar-refractivity contribution < 1.29 is 13.2 Å². The van der Waals surface area contributed by atoms with Gasteiger partial charge in [0.15, 0.2) is 0 Å². The zero-order valence-corrected chi connectivity index (χ0v) is 14.5. The highest BCUT2D eigenvalue weighted by Crippen LogP contribution is 2.22. The third-order valence-corrected chi connectivity index (χ3v) is 5.43. The number of rotatable bonds is 8. The maximum Gasteiger partial charge on any atom is 0.211 e. The highest BCUT2D eigenvalue weighted by Gasteiger charge is 2.30. The molecule has 0 bridgehead atoms. The molecule has 0 aromatic rings. The lowest BCUT2D eigenvalue weighted by Gasteiger charge is -2.34. The van der Waals surface area contributed by atoms with Crippen LogP contribution < -0.4 is 0 Å². The van der Waals surface area contributed by atoms with Crippen LogP contribution in [-0.2, 0) is 14.8 Å². The van der Waals surface area contributed by atoms with Crippen molar-refractivity contribution in [3.63, 3.8) is 0 Å². The number of ether oxygens (including phenoxy) is 1.